The predicted octanol–water partition coefficient (Wildman–Crippen LogP) is 4.41. The van der Waals surface area contributed by atoms with Crippen molar-refractivity contribution in [1.29, 1.82) is 0 Å². The highest BCUT2D eigenvalue weighted by molar-refractivity contribution is 6.00. The number of nitrogens with zero attached hydrogens (tertiary/aromatic N) is 4. The molecular formula is C30H34N6O2. The molecule has 196 valence electrons. The summed E-state index contributed by atoms with van der Waals surface area (Å²) in [5.41, 5.74) is 16.0. The van der Waals surface area contributed by atoms with Gasteiger partial charge in [-0.2, -0.15) is 0 Å². The molecule has 6 rings (SSSR count). The van der Waals surface area contributed by atoms with E-state index in [9.17, 15) is 4.79 Å². The van der Waals surface area contributed by atoms with E-state index in [2.05, 4.69) is 49.9 Å². The maximum absolute atomic E-state index is 11.7. The Hall–Kier alpha value is -3.91. The van der Waals surface area contributed by atoms with Gasteiger partial charge in [-0.3, -0.25) is 4.79 Å². The number of aromatic nitrogens is 3. The van der Waals surface area contributed by atoms with E-state index in [4.69, 9.17) is 16.2 Å². The topological polar surface area (TPSA) is 112 Å². The number of likely N-dealkylation sites (tertiary alicyclic amines) is 1. The Morgan fingerprint density at radius 3 is 2.74 bits per heavy atom. The van der Waals surface area contributed by atoms with Gasteiger partial charge in [0.1, 0.15) is 30.1 Å². The van der Waals surface area contributed by atoms with Crippen LogP contribution in [0.15, 0.2) is 67.1 Å². The van der Waals surface area contributed by atoms with Crippen molar-refractivity contribution in [1.82, 2.24) is 19.4 Å². The van der Waals surface area contributed by atoms with Crippen LogP contribution in [-0.4, -0.2) is 45.0 Å². The molecule has 1 amide bonds. The van der Waals surface area contributed by atoms with Gasteiger partial charge in [-0.05, 0) is 61.4 Å². The molecule has 8 heteroatoms. The summed E-state index contributed by atoms with van der Waals surface area (Å²) in [6.45, 7) is 3.37. The molecule has 2 aromatic carbocycles. The third-order valence-electron chi connectivity index (χ3n) is 8.06. The Labute approximate surface area is 222 Å². The van der Waals surface area contributed by atoms with Gasteiger partial charge < -0.3 is 25.7 Å². The Kier molecular flexibility index (Phi) is 6.72. The highest BCUT2D eigenvalue weighted by Gasteiger charge is 2.35. The van der Waals surface area contributed by atoms with Gasteiger partial charge in [0.25, 0.3) is 0 Å². The van der Waals surface area contributed by atoms with Crippen LogP contribution >= 0.6 is 0 Å². The quantitative estimate of drug-likeness (QED) is 0.363. The maximum Gasteiger partial charge on any atom is 0.221 e. The minimum atomic E-state index is -0.167. The summed E-state index contributed by atoms with van der Waals surface area (Å²) in [7, 11) is 0. The van der Waals surface area contributed by atoms with Crippen molar-refractivity contribution in [3.8, 4) is 16.9 Å². The number of benzene rings is 2. The zero-order valence-electron chi connectivity index (χ0n) is 21.5. The lowest BCUT2D eigenvalue weighted by Gasteiger charge is -2.41. The molecule has 1 aliphatic heterocycles. The Morgan fingerprint density at radius 2 is 1.92 bits per heavy atom. The lowest BCUT2D eigenvalue weighted by atomic mass is 9.79. The monoisotopic (exact) mass is 510 g/mol. The van der Waals surface area contributed by atoms with E-state index in [0.717, 1.165) is 78.8 Å². The number of amides is 1. The van der Waals surface area contributed by atoms with Crippen LogP contribution < -0.4 is 16.2 Å². The van der Waals surface area contributed by atoms with E-state index in [1.165, 1.54) is 0 Å². The van der Waals surface area contributed by atoms with E-state index in [-0.39, 0.29) is 11.8 Å². The predicted molar refractivity (Wildman–Crippen MR) is 148 cm³/mol. The molecule has 1 saturated carbocycles. The normalized spacial score (nSPS) is 21.7. The SMILES string of the molecule is NC(=O)C1CCCN(C[C@H]2C[C@@H](n3cc(-c4cccc(OCc5ccccc5)c4)c4c(N)ncnc43)C2)C1. The maximum atomic E-state index is 11.7. The van der Waals surface area contributed by atoms with Crippen molar-refractivity contribution in [2.75, 3.05) is 25.4 Å². The molecular weight excluding hydrogens is 476 g/mol. The summed E-state index contributed by atoms with van der Waals surface area (Å²) in [5.74, 6) is 1.71. The van der Waals surface area contributed by atoms with Crippen LogP contribution in [0.3, 0.4) is 0 Å². The van der Waals surface area contributed by atoms with Crippen molar-refractivity contribution in [2.24, 2.45) is 17.6 Å². The standard InChI is InChI=1S/C30H34N6O2/c31-28-27-26(22-8-4-10-25(14-22)38-18-20-6-2-1-3-7-20)17-36(30(27)34-19-33-28)24-12-21(13-24)15-35-11-5-9-23(16-35)29(32)37/h1-4,6-8,10,14,17,19,21,23-24H,5,9,11-13,15-16,18H2,(H2,32,37)(H2,31,33,34)/t21-,23?,24+. The van der Waals surface area contributed by atoms with Gasteiger partial charge in [-0.25, -0.2) is 9.97 Å². The van der Waals surface area contributed by atoms with E-state index < -0.39 is 0 Å². The van der Waals surface area contributed by atoms with Crippen LogP contribution in [0.2, 0.25) is 0 Å². The first-order chi connectivity index (χ1) is 18.5. The first kappa shape index (κ1) is 24.4. The van der Waals surface area contributed by atoms with Gasteiger partial charge in [-0.15, -0.1) is 0 Å². The molecule has 1 atom stereocenters. The molecule has 2 aromatic heterocycles. The molecule has 0 bridgehead atoms. The molecule has 8 nitrogen and oxygen atoms in total. The third kappa shape index (κ3) is 4.96. The average Bonchev–Trinajstić information content (AvgIpc) is 3.31. The zero-order chi connectivity index (χ0) is 26.1. The molecule has 4 aromatic rings. The lowest BCUT2D eigenvalue weighted by Crippen LogP contribution is -2.45. The molecule has 2 fully saturated rings. The number of carbonyl (C=O) groups is 1. The second-order valence-electron chi connectivity index (χ2n) is 10.7. The third-order valence-corrected chi connectivity index (χ3v) is 8.06. The molecule has 1 aliphatic carbocycles. The van der Waals surface area contributed by atoms with Crippen LogP contribution in [0.1, 0.15) is 37.3 Å². The highest BCUT2D eigenvalue weighted by atomic mass is 16.5. The molecule has 2 aliphatic rings. The fourth-order valence-electron chi connectivity index (χ4n) is 6.00. The second-order valence-corrected chi connectivity index (χ2v) is 10.7. The number of ether oxygens (including phenoxy) is 1. The number of piperidine rings is 1. The minimum absolute atomic E-state index is 0.0114. The number of nitrogens with two attached hydrogens (primary N) is 2. The number of anilines is 1. The van der Waals surface area contributed by atoms with Gasteiger partial charge in [0, 0.05) is 30.9 Å². The fraction of sp³-hybridized carbons (Fsp3) is 0.367. The molecule has 38 heavy (non-hydrogen) atoms. The number of nitrogen functional groups attached to an aromatic ring is 1. The summed E-state index contributed by atoms with van der Waals surface area (Å²) in [5, 5.41) is 0.886. The Balaban J connectivity index is 1.19. The number of rotatable bonds is 8. The van der Waals surface area contributed by atoms with Gasteiger partial charge in [0.2, 0.25) is 5.91 Å². The van der Waals surface area contributed by atoms with Crippen molar-refractivity contribution < 1.29 is 9.53 Å². The average molecular weight is 511 g/mol. The first-order valence-electron chi connectivity index (χ1n) is 13.4. The van der Waals surface area contributed by atoms with Crippen molar-refractivity contribution in [3.63, 3.8) is 0 Å². The van der Waals surface area contributed by atoms with Crippen molar-refractivity contribution >= 4 is 22.8 Å². The van der Waals surface area contributed by atoms with Crippen molar-refractivity contribution in [3.05, 3.63) is 72.7 Å². The van der Waals surface area contributed by atoms with Crippen LogP contribution in [0, 0.1) is 11.8 Å². The molecule has 4 N–H and O–H groups in total. The molecule has 1 unspecified atom stereocenters. The smallest absolute Gasteiger partial charge is 0.221 e. The number of hydrogen-bond donors (Lipinski definition) is 2. The van der Waals surface area contributed by atoms with Crippen molar-refractivity contribution in [2.45, 2.75) is 38.3 Å². The summed E-state index contributed by atoms with van der Waals surface area (Å²) in [6, 6.07) is 18.6. The highest BCUT2D eigenvalue weighted by Crippen LogP contribution is 2.43. The molecule has 3 heterocycles. The summed E-state index contributed by atoms with van der Waals surface area (Å²) in [6.07, 6.45) is 7.83. The number of primary amides is 1. The second kappa shape index (κ2) is 10.5. The lowest BCUT2D eigenvalue weighted by molar-refractivity contribution is -0.123. The van der Waals surface area contributed by atoms with Gasteiger partial charge >= 0.3 is 0 Å². The van der Waals surface area contributed by atoms with Crippen LogP contribution in [0.25, 0.3) is 22.2 Å². The van der Waals surface area contributed by atoms with Gasteiger partial charge in [0.15, 0.2) is 0 Å². The summed E-state index contributed by atoms with van der Waals surface area (Å²) >= 11 is 0. The van der Waals surface area contributed by atoms with Gasteiger partial charge in [0.05, 0.1) is 11.3 Å². The molecule has 1 saturated heterocycles. The Morgan fingerprint density at radius 1 is 1.08 bits per heavy atom. The van der Waals surface area contributed by atoms with Crippen LogP contribution in [-0.2, 0) is 11.4 Å². The van der Waals surface area contributed by atoms with E-state index in [0.29, 0.717) is 24.4 Å². The minimum Gasteiger partial charge on any atom is -0.489 e. The summed E-state index contributed by atoms with van der Waals surface area (Å²) in [4.78, 5) is 23.0. The van der Waals surface area contributed by atoms with Crippen LogP contribution in [0.5, 0.6) is 5.75 Å². The van der Waals surface area contributed by atoms with Gasteiger partial charge in [-0.1, -0.05) is 42.5 Å². The van der Waals surface area contributed by atoms with E-state index >= 15 is 0 Å². The van der Waals surface area contributed by atoms with Crippen LogP contribution in [0.4, 0.5) is 5.82 Å². The number of carbonyl (C=O) groups excluding carboxylic acids is 1. The Bertz CT molecular complexity index is 1430. The largest absolute Gasteiger partial charge is 0.489 e. The fourth-order valence-corrected chi connectivity index (χ4v) is 6.00. The van der Waals surface area contributed by atoms with E-state index in [1.807, 2.05) is 30.3 Å². The number of fused-ring (bicyclic) bond motifs is 1. The number of hydrogen-bond acceptors (Lipinski definition) is 6. The summed E-state index contributed by atoms with van der Waals surface area (Å²) < 4.78 is 8.37. The molecule has 0 radical (unpaired) electrons. The van der Waals surface area contributed by atoms with E-state index in [1.54, 1.807) is 6.33 Å². The molecule has 0 spiro atoms. The first-order valence-corrected chi connectivity index (χ1v) is 13.4. The zero-order valence-corrected chi connectivity index (χ0v) is 21.5.